The highest BCUT2D eigenvalue weighted by atomic mass is 35.5. The number of phenolic OH excluding ortho intramolecular Hbond substituents is 1. The Morgan fingerprint density at radius 2 is 1.32 bits per heavy atom. The summed E-state index contributed by atoms with van der Waals surface area (Å²) in [5.74, 6) is 0.00263. The maximum atomic E-state index is 15.0. The number of benzene rings is 4. The minimum Gasteiger partial charge on any atom is -0.506 e. The van der Waals surface area contributed by atoms with Gasteiger partial charge in [-0.3, -0.25) is 9.80 Å². The predicted molar refractivity (Wildman–Crippen MR) is 302 cm³/mol. The maximum Gasteiger partial charge on any atom is 0.146 e. The Hall–Kier alpha value is -4.30. The number of aromatic hydroxyl groups is 1. The number of fused-ring (bicyclic) bond motifs is 8. The second-order valence-corrected chi connectivity index (χ2v) is 22.4. The highest BCUT2D eigenvalue weighted by Gasteiger charge is 2.53. The molecule has 0 amide bonds. The van der Waals surface area contributed by atoms with Crippen LogP contribution in [0.3, 0.4) is 0 Å². The van der Waals surface area contributed by atoms with Crippen LogP contribution >= 0.6 is 11.6 Å². The summed E-state index contributed by atoms with van der Waals surface area (Å²) in [6.07, 6.45) is -13.2. The van der Waals surface area contributed by atoms with Crippen molar-refractivity contribution < 1.29 is 79.6 Å². The quantitative estimate of drug-likeness (QED) is 0.0449. The molecule has 4 aromatic rings. The summed E-state index contributed by atoms with van der Waals surface area (Å²) in [5.41, 5.74) is 7.75. The molecule has 16 unspecified atom stereocenters. The third-order valence-electron chi connectivity index (χ3n) is 16.5. The average Bonchev–Trinajstić information content (AvgIpc) is 2.02. The first kappa shape index (κ1) is 65.8. The molecule has 450 valence electrons. The van der Waals surface area contributed by atoms with Crippen molar-refractivity contribution in [3.8, 4) is 5.75 Å². The molecule has 1 saturated heterocycles. The monoisotopic (exact) mass is 1160 g/mol. The first-order valence-corrected chi connectivity index (χ1v) is 28.2. The first-order chi connectivity index (χ1) is 38.6. The normalized spacial score (nSPS) is 24.3. The fourth-order valence-corrected chi connectivity index (χ4v) is 12.0. The molecule has 21 heteroatoms. The standard InChI is InChI=1S/C23H30ClFN2O5.C22H26FNO4.C15H28FNO4/c1-27-6-5-14-8-18(24)20(29)9-16(14)17(11-27)13-3-2-4-15(7-13)26-10-19(25)22(31)23(32)21(30)12-28;1-22-15-8-4-2-6-13(15)10-18(14-7-3-5-9-16(14)22)24(22)11-17(23)20(27)21(28)19(26)12-25;1-2-8-17-9-4-6-11(17)5-3-7-12(16)14(20)15(21)13(19)10-18/h2-4,7-9,17,19,21-23,26,28-32H,5-6,10-12H2,1H3;2-9,17-21,25-28H,10-12H2,1H3;2,11-15,18-21H,1,3-10H2/i;23-1;16-1. The van der Waals surface area contributed by atoms with Crippen LogP contribution in [0.15, 0.2) is 97.6 Å². The van der Waals surface area contributed by atoms with Gasteiger partial charge in [0.2, 0.25) is 0 Å². The van der Waals surface area contributed by atoms with E-state index in [1.807, 2.05) is 66.6 Å². The molecule has 4 heterocycles. The van der Waals surface area contributed by atoms with Crippen LogP contribution in [0.5, 0.6) is 5.75 Å². The molecule has 17 nitrogen and oxygen atoms in total. The Labute approximate surface area is 477 Å². The number of halogens is 4. The van der Waals surface area contributed by atoms with Crippen molar-refractivity contribution in [3.63, 3.8) is 0 Å². The van der Waals surface area contributed by atoms with Crippen LogP contribution in [0, 0.1) is 0 Å². The summed E-state index contributed by atoms with van der Waals surface area (Å²) >= 11 is 6.12. The molecule has 81 heavy (non-hydrogen) atoms. The third-order valence-corrected chi connectivity index (χ3v) is 16.8. The van der Waals surface area contributed by atoms with E-state index in [1.165, 1.54) is 5.56 Å². The number of likely N-dealkylation sites (tertiary alicyclic amines) is 1. The predicted octanol–water partition coefficient (Wildman–Crippen LogP) is 2.99. The third kappa shape index (κ3) is 15.9. The number of anilines is 1. The van der Waals surface area contributed by atoms with Crippen molar-refractivity contribution in [2.24, 2.45) is 0 Å². The van der Waals surface area contributed by atoms with Crippen molar-refractivity contribution in [3.05, 3.63) is 142 Å². The van der Waals surface area contributed by atoms with Gasteiger partial charge in [0.05, 0.1) is 30.4 Å². The van der Waals surface area contributed by atoms with Gasteiger partial charge < -0.3 is 76.6 Å². The van der Waals surface area contributed by atoms with Crippen LogP contribution in [0.25, 0.3) is 0 Å². The van der Waals surface area contributed by atoms with Crippen LogP contribution in [0.4, 0.5) is 18.9 Å². The van der Waals surface area contributed by atoms with Crippen molar-refractivity contribution in [2.75, 3.05) is 71.5 Å². The minimum absolute atomic E-state index is 0.0264. The fourth-order valence-electron chi connectivity index (χ4n) is 11.8. The lowest BCUT2D eigenvalue weighted by Crippen LogP contribution is -2.52. The summed E-state index contributed by atoms with van der Waals surface area (Å²) in [4.78, 5) is 6.57. The number of rotatable bonds is 24. The van der Waals surface area contributed by atoms with Gasteiger partial charge in [0, 0.05) is 56.4 Å². The molecule has 4 aliphatic rings. The lowest BCUT2D eigenvalue weighted by molar-refractivity contribution is -0.107. The summed E-state index contributed by atoms with van der Waals surface area (Å²) in [6.45, 7) is 6.65. The molecule has 0 aromatic heterocycles. The Morgan fingerprint density at radius 1 is 0.716 bits per heavy atom. The second kappa shape index (κ2) is 30.5. The molecule has 2 bridgehead atoms. The number of aliphatic hydroxyl groups is 12. The number of alkyl halides is 3. The number of phenols is 1. The molecular formula is C60H84ClF3N4O13. The molecule has 14 N–H and O–H groups in total. The molecule has 0 saturated carbocycles. The van der Waals surface area contributed by atoms with Gasteiger partial charge in [-0.25, -0.2) is 13.2 Å². The van der Waals surface area contributed by atoms with Gasteiger partial charge in [0.25, 0.3) is 0 Å². The van der Waals surface area contributed by atoms with Crippen molar-refractivity contribution in [2.45, 2.75) is 149 Å². The highest BCUT2D eigenvalue weighted by Crippen LogP contribution is 2.55. The van der Waals surface area contributed by atoms with Gasteiger partial charge in [0.15, 0.2) is 0 Å². The number of hydrogen-bond acceptors (Lipinski definition) is 17. The van der Waals surface area contributed by atoms with E-state index in [2.05, 4.69) is 52.9 Å². The van der Waals surface area contributed by atoms with Crippen LogP contribution in [-0.2, 0) is 18.4 Å². The number of likely N-dealkylation sites (N-methyl/N-ethyl adjacent to an activating group) is 1. The van der Waals surface area contributed by atoms with E-state index in [0.29, 0.717) is 23.2 Å². The van der Waals surface area contributed by atoms with Gasteiger partial charge in [0.1, 0.15) is 79.2 Å². The topological polar surface area (TPSA) is 285 Å². The van der Waals surface area contributed by atoms with Gasteiger partial charge in [-0.15, -0.1) is 6.58 Å². The molecule has 1 fully saturated rings. The average molecular weight is 1160 g/mol. The number of nitrogens with one attached hydrogen (secondary N) is 1. The molecule has 0 radical (unpaired) electrons. The highest BCUT2D eigenvalue weighted by molar-refractivity contribution is 6.32. The summed E-state index contributed by atoms with van der Waals surface area (Å²) in [6, 6.07) is 27.6. The molecule has 4 aromatic carbocycles. The van der Waals surface area contributed by atoms with Gasteiger partial charge in [-0.2, -0.15) is 0 Å². The zero-order chi connectivity index (χ0) is 59.3. The van der Waals surface area contributed by atoms with Crippen LogP contribution in [0.2, 0.25) is 5.02 Å². The Kier molecular flexibility index (Phi) is 24.8. The molecule has 0 spiro atoms. The van der Waals surface area contributed by atoms with E-state index < -0.39 is 98.8 Å². The summed E-state index contributed by atoms with van der Waals surface area (Å²) in [5, 5.41) is 127. The second-order valence-electron chi connectivity index (χ2n) is 22.0. The molecule has 0 aliphatic carbocycles. The van der Waals surface area contributed by atoms with Crippen LogP contribution < -0.4 is 5.32 Å². The summed E-state index contributed by atoms with van der Waals surface area (Å²) in [7, 11) is 2.03. The Balaban J connectivity index is 0.000000200. The van der Waals surface area contributed by atoms with Gasteiger partial charge >= 0.3 is 0 Å². The number of aliphatic hydroxyl groups excluding tert-OH is 12. The Bertz CT molecular complexity index is 2590. The zero-order valence-corrected chi connectivity index (χ0v) is 46.8. The smallest absolute Gasteiger partial charge is 0.146 e. The fraction of sp³-hybridized carbons (Fsp3) is 0.567. The zero-order valence-electron chi connectivity index (χ0n) is 46.0. The summed E-state index contributed by atoms with van der Waals surface area (Å²) < 4.78 is 43.2. The van der Waals surface area contributed by atoms with E-state index in [9.17, 15) is 59.8 Å². The molecule has 4 aliphatic heterocycles. The van der Waals surface area contributed by atoms with E-state index >= 15 is 4.39 Å². The van der Waals surface area contributed by atoms with Crippen molar-refractivity contribution in [1.29, 1.82) is 0 Å². The lowest BCUT2D eigenvalue weighted by atomic mass is 9.80. The maximum absolute atomic E-state index is 15.0. The molecular weight excluding hydrogens is 1080 g/mol. The van der Waals surface area contributed by atoms with Gasteiger partial charge in [-0.1, -0.05) is 78.3 Å². The number of hydrogen-bond donors (Lipinski definition) is 14. The van der Waals surface area contributed by atoms with E-state index in [4.69, 9.17) is 26.9 Å². The van der Waals surface area contributed by atoms with Gasteiger partial charge in [-0.05, 0) is 129 Å². The lowest BCUT2D eigenvalue weighted by Gasteiger charge is -2.45. The minimum atomic E-state index is -1.86. The van der Waals surface area contributed by atoms with E-state index in [0.717, 1.165) is 91.7 Å². The SMILES string of the molecule is C=CCN1CCCC1CCCC([18F])C(O)C(O)C(O)CO.CC12c3ccccc3CC(c3ccccc31)N2CC([18F])C(O)C(O)C(O)CO.CN1CCc2cc(Cl)c(O)cc2C(c2cccc(NCC(F)C(O)C(O)C(O)CO)c2)C1. The first-order valence-electron chi connectivity index (χ1n) is 27.8. The number of nitrogens with zero attached hydrogens (tertiary/aromatic N) is 3. The van der Waals surface area contributed by atoms with E-state index in [-0.39, 0.29) is 37.2 Å². The molecule has 16 atom stereocenters. The van der Waals surface area contributed by atoms with Crippen LogP contribution in [0.1, 0.15) is 89.9 Å². The van der Waals surface area contributed by atoms with Crippen LogP contribution in [-0.4, -0.2) is 227 Å². The Morgan fingerprint density at radius 3 is 1.96 bits per heavy atom. The van der Waals surface area contributed by atoms with E-state index in [1.54, 1.807) is 12.1 Å². The van der Waals surface area contributed by atoms with Crippen molar-refractivity contribution >= 4 is 17.3 Å². The molecule has 8 rings (SSSR count). The van der Waals surface area contributed by atoms with Crippen molar-refractivity contribution in [1.82, 2.24) is 14.7 Å². The largest absolute Gasteiger partial charge is 0.506 e.